The monoisotopic (exact) mass is 178 g/mol. The molecule has 0 aromatic heterocycles. The third-order valence-electron chi connectivity index (χ3n) is 5.47. The van der Waals surface area contributed by atoms with Crippen LogP contribution < -0.4 is 0 Å². The molecule has 0 radical (unpaired) electrons. The molecule has 4 atom stereocenters. The van der Waals surface area contributed by atoms with Crippen LogP contribution in [-0.2, 0) is 4.79 Å². The van der Waals surface area contributed by atoms with Crippen LogP contribution in [0.4, 0.5) is 0 Å². The van der Waals surface area contributed by atoms with E-state index in [0.717, 1.165) is 12.3 Å². The average molecular weight is 178 g/mol. The van der Waals surface area contributed by atoms with Crippen molar-refractivity contribution in [1.29, 1.82) is 0 Å². The summed E-state index contributed by atoms with van der Waals surface area (Å²) in [7, 11) is 0. The average Bonchev–Trinajstić information content (AvgIpc) is 2.36. The summed E-state index contributed by atoms with van der Waals surface area (Å²) < 4.78 is 0. The SMILES string of the molecule is C[C@@]12CC[C@H]3C(=O)C[C@@H]1[C@@]3(C)CC2. The van der Waals surface area contributed by atoms with Crippen LogP contribution in [-0.4, -0.2) is 5.78 Å². The number of ketones is 1. The van der Waals surface area contributed by atoms with Crippen molar-refractivity contribution in [3.05, 3.63) is 0 Å². The fourth-order valence-corrected chi connectivity index (χ4v) is 4.57. The van der Waals surface area contributed by atoms with Gasteiger partial charge in [0.1, 0.15) is 5.78 Å². The largest absolute Gasteiger partial charge is 0.299 e. The number of carbonyl (C=O) groups is 1. The van der Waals surface area contributed by atoms with E-state index in [2.05, 4.69) is 13.8 Å². The molecule has 3 saturated carbocycles. The van der Waals surface area contributed by atoms with E-state index < -0.39 is 0 Å². The van der Waals surface area contributed by atoms with Crippen molar-refractivity contribution >= 4 is 5.78 Å². The van der Waals surface area contributed by atoms with E-state index in [1.165, 1.54) is 25.7 Å². The number of rotatable bonds is 0. The number of Topliss-reactive ketones (excluding diaryl/α,β-unsaturated/α-hetero) is 1. The zero-order chi connectivity index (χ0) is 9.27. The Morgan fingerprint density at radius 1 is 1.23 bits per heavy atom. The minimum atomic E-state index is 0.407. The summed E-state index contributed by atoms with van der Waals surface area (Å²) in [6.07, 6.45) is 6.08. The minimum Gasteiger partial charge on any atom is -0.299 e. The van der Waals surface area contributed by atoms with E-state index in [0.29, 0.717) is 22.5 Å². The van der Waals surface area contributed by atoms with Crippen LogP contribution in [0, 0.1) is 22.7 Å². The molecule has 0 spiro atoms. The predicted molar refractivity (Wildman–Crippen MR) is 51.3 cm³/mol. The van der Waals surface area contributed by atoms with Gasteiger partial charge in [-0.15, -0.1) is 0 Å². The first-order chi connectivity index (χ1) is 6.06. The fourth-order valence-electron chi connectivity index (χ4n) is 4.57. The fraction of sp³-hybridized carbons (Fsp3) is 0.917. The normalized spacial score (nSPS) is 58.8. The van der Waals surface area contributed by atoms with E-state index >= 15 is 0 Å². The molecule has 0 aliphatic heterocycles. The molecule has 13 heavy (non-hydrogen) atoms. The molecule has 4 bridgehead atoms. The molecule has 72 valence electrons. The summed E-state index contributed by atoms with van der Waals surface area (Å²) in [5.74, 6) is 1.75. The lowest BCUT2D eigenvalue weighted by molar-refractivity contribution is -0.122. The lowest BCUT2D eigenvalue weighted by Crippen LogP contribution is -2.36. The molecule has 0 heterocycles. The maximum Gasteiger partial charge on any atom is 0.136 e. The number of hydrogen-bond acceptors (Lipinski definition) is 1. The maximum absolute atomic E-state index is 11.8. The molecule has 0 unspecified atom stereocenters. The summed E-state index contributed by atoms with van der Waals surface area (Å²) in [5, 5.41) is 0. The van der Waals surface area contributed by atoms with Gasteiger partial charge in [0.05, 0.1) is 0 Å². The van der Waals surface area contributed by atoms with Gasteiger partial charge < -0.3 is 0 Å². The minimum absolute atomic E-state index is 0.407. The summed E-state index contributed by atoms with van der Waals surface area (Å²) in [6.45, 7) is 4.79. The zero-order valence-electron chi connectivity index (χ0n) is 8.60. The second kappa shape index (κ2) is 2.02. The van der Waals surface area contributed by atoms with E-state index in [1.54, 1.807) is 0 Å². The molecule has 1 nitrogen and oxygen atoms in total. The third kappa shape index (κ3) is 0.730. The van der Waals surface area contributed by atoms with Crippen LogP contribution in [0.1, 0.15) is 46.0 Å². The summed E-state index contributed by atoms with van der Waals surface area (Å²) >= 11 is 0. The standard InChI is InChI=1S/C12H18O/c1-11-4-3-8-9(13)7-10(11)12(8,2)6-5-11/h8,10H,3-7H2,1-2H3/t8-,10-,11-,12-/m0/s1. The van der Waals surface area contributed by atoms with Crippen molar-refractivity contribution < 1.29 is 4.79 Å². The van der Waals surface area contributed by atoms with Gasteiger partial charge in [0, 0.05) is 12.3 Å². The lowest BCUT2D eigenvalue weighted by Gasteiger charge is -2.41. The second-order valence-corrected chi connectivity index (χ2v) is 5.97. The molecule has 1 heteroatoms. The highest BCUT2D eigenvalue weighted by Gasteiger charge is 2.64. The van der Waals surface area contributed by atoms with Crippen LogP contribution >= 0.6 is 0 Å². The molecule has 3 aliphatic rings. The smallest absolute Gasteiger partial charge is 0.136 e. The van der Waals surface area contributed by atoms with Crippen molar-refractivity contribution in [2.24, 2.45) is 22.7 Å². The second-order valence-electron chi connectivity index (χ2n) is 5.97. The third-order valence-corrected chi connectivity index (χ3v) is 5.47. The Hall–Kier alpha value is -0.330. The molecule has 0 N–H and O–H groups in total. The van der Waals surface area contributed by atoms with Crippen LogP contribution in [0.15, 0.2) is 0 Å². The molecular weight excluding hydrogens is 160 g/mol. The Labute approximate surface area is 79.9 Å². The van der Waals surface area contributed by atoms with E-state index in [4.69, 9.17) is 0 Å². The van der Waals surface area contributed by atoms with E-state index in [1.807, 2.05) is 0 Å². The highest BCUT2D eigenvalue weighted by molar-refractivity contribution is 5.85. The summed E-state index contributed by atoms with van der Waals surface area (Å²) in [6, 6.07) is 0. The van der Waals surface area contributed by atoms with Crippen molar-refractivity contribution in [1.82, 2.24) is 0 Å². The zero-order valence-corrected chi connectivity index (χ0v) is 8.60. The molecule has 3 fully saturated rings. The Morgan fingerprint density at radius 2 is 2.00 bits per heavy atom. The first kappa shape index (κ1) is 8.02. The molecule has 0 aromatic carbocycles. The Bertz CT molecular complexity index is 283. The van der Waals surface area contributed by atoms with Gasteiger partial charge in [0.25, 0.3) is 0 Å². The molecular formula is C12H18O. The van der Waals surface area contributed by atoms with Gasteiger partial charge in [-0.05, 0) is 42.4 Å². The highest BCUT2D eigenvalue weighted by atomic mass is 16.1. The molecule has 3 aliphatic carbocycles. The first-order valence-corrected chi connectivity index (χ1v) is 5.59. The van der Waals surface area contributed by atoms with Crippen molar-refractivity contribution in [2.45, 2.75) is 46.0 Å². The van der Waals surface area contributed by atoms with Gasteiger partial charge in [-0.1, -0.05) is 13.8 Å². The van der Waals surface area contributed by atoms with Crippen molar-refractivity contribution in [3.63, 3.8) is 0 Å². The molecule has 0 amide bonds. The van der Waals surface area contributed by atoms with Gasteiger partial charge in [-0.3, -0.25) is 4.79 Å². The van der Waals surface area contributed by atoms with Crippen LogP contribution in [0.25, 0.3) is 0 Å². The Morgan fingerprint density at radius 3 is 2.69 bits per heavy atom. The van der Waals surface area contributed by atoms with Gasteiger partial charge >= 0.3 is 0 Å². The Balaban J connectivity index is 2.12. The predicted octanol–water partition coefficient (Wildman–Crippen LogP) is 2.79. The molecule has 0 aromatic rings. The topological polar surface area (TPSA) is 17.1 Å². The van der Waals surface area contributed by atoms with Gasteiger partial charge in [-0.25, -0.2) is 0 Å². The highest BCUT2D eigenvalue weighted by Crippen LogP contribution is 2.69. The maximum atomic E-state index is 11.8. The Kier molecular flexibility index (Phi) is 1.24. The molecule has 3 rings (SSSR count). The van der Waals surface area contributed by atoms with Gasteiger partial charge in [0.2, 0.25) is 0 Å². The van der Waals surface area contributed by atoms with Crippen LogP contribution in [0.3, 0.4) is 0 Å². The molecule has 0 saturated heterocycles. The van der Waals surface area contributed by atoms with Gasteiger partial charge in [-0.2, -0.15) is 0 Å². The first-order valence-electron chi connectivity index (χ1n) is 5.59. The van der Waals surface area contributed by atoms with Crippen LogP contribution in [0.2, 0.25) is 0 Å². The van der Waals surface area contributed by atoms with Crippen LogP contribution in [0.5, 0.6) is 0 Å². The summed E-state index contributed by atoms with van der Waals surface area (Å²) in [4.78, 5) is 11.8. The van der Waals surface area contributed by atoms with Crippen molar-refractivity contribution in [2.75, 3.05) is 0 Å². The van der Waals surface area contributed by atoms with E-state index in [-0.39, 0.29) is 0 Å². The number of carbonyl (C=O) groups excluding carboxylic acids is 1. The quantitative estimate of drug-likeness (QED) is 0.557. The lowest BCUT2D eigenvalue weighted by atomic mass is 9.62. The van der Waals surface area contributed by atoms with E-state index in [9.17, 15) is 4.79 Å². The van der Waals surface area contributed by atoms with Gasteiger partial charge in [0.15, 0.2) is 0 Å². The summed E-state index contributed by atoms with van der Waals surface area (Å²) in [5.41, 5.74) is 0.932. The number of hydrogen-bond donors (Lipinski definition) is 0. The van der Waals surface area contributed by atoms with Crippen molar-refractivity contribution in [3.8, 4) is 0 Å².